The average molecular weight is 287 g/mol. The molecule has 0 radical (unpaired) electrons. The Bertz CT molecular complexity index is 599. The molecule has 1 saturated carbocycles. The summed E-state index contributed by atoms with van der Waals surface area (Å²) >= 11 is 0. The Kier molecular flexibility index (Phi) is 4.04. The number of hydrogen-bond donors (Lipinski definition) is 1. The van der Waals surface area contributed by atoms with Crippen molar-refractivity contribution >= 4 is 22.8 Å². The van der Waals surface area contributed by atoms with Gasteiger partial charge in [-0.1, -0.05) is 26.7 Å². The lowest BCUT2D eigenvalue weighted by atomic mass is 10.1. The number of fused-ring (bicyclic) bond motifs is 1. The minimum Gasteiger partial charge on any atom is -0.423 e. The van der Waals surface area contributed by atoms with Crippen molar-refractivity contribution in [1.82, 2.24) is 4.98 Å². The van der Waals surface area contributed by atoms with Crippen LogP contribution in [0.25, 0.3) is 11.1 Å². The second kappa shape index (κ2) is 5.96. The molecule has 4 nitrogen and oxygen atoms in total. The highest BCUT2D eigenvalue weighted by atomic mass is 16.4. The Morgan fingerprint density at radius 2 is 2.10 bits per heavy atom. The van der Waals surface area contributed by atoms with Gasteiger partial charge >= 0.3 is 0 Å². The summed E-state index contributed by atoms with van der Waals surface area (Å²) in [4.78, 5) is 7.05. The third-order valence-corrected chi connectivity index (χ3v) is 4.36. The maximum absolute atomic E-state index is 5.99. The highest BCUT2D eigenvalue weighted by Crippen LogP contribution is 2.31. The van der Waals surface area contributed by atoms with Gasteiger partial charge in [0.05, 0.1) is 0 Å². The van der Waals surface area contributed by atoms with E-state index in [1.54, 1.807) is 0 Å². The Balaban J connectivity index is 1.88. The van der Waals surface area contributed by atoms with Gasteiger partial charge in [-0.3, -0.25) is 0 Å². The van der Waals surface area contributed by atoms with Crippen molar-refractivity contribution < 1.29 is 4.42 Å². The summed E-state index contributed by atoms with van der Waals surface area (Å²) in [6.07, 6.45) is 6.29. The van der Waals surface area contributed by atoms with E-state index in [2.05, 4.69) is 23.7 Å². The zero-order valence-electron chi connectivity index (χ0n) is 13.0. The first-order valence-electron chi connectivity index (χ1n) is 8.06. The third-order valence-electron chi connectivity index (χ3n) is 4.36. The van der Waals surface area contributed by atoms with Crippen molar-refractivity contribution in [3.63, 3.8) is 0 Å². The fourth-order valence-electron chi connectivity index (χ4n) is 3.10. The van der Waals surface area contributed by atoms with Crippen molar-refractivity contribution in [3.05, 3.63) is 18.2 Å². The lowest BCUT2D eigenvalue weighted by Gasteiger charge is -2.27. The first-order chi connectivity index (χ1) is 10.1. The molecule has 0 amide bonds. The van der Waals surface area contributed by atoms with Gasteiger partial charge in [0.25, 0.3) is 6.01 Å². The summed E-state index contributed by atoms with van der Waals surface area (Å²) in [6.45, 7) is 5.55. The van der Waals surface area contributed by atoms with E-state index in [-0.39, 0.29) is 0 Å². The van der Waals surface area contributed by atoms with Gasteiger partial charge in [0.2, 0.25) is 0 Å². The summed E-state index contributed by atoms with van der Waals surface area (Å²) in [6, 6.07) is 7.01. The molecule has 0 saturated heterocycles. The van der Waals surface area contributed by atoms with Crippen molar-refractivity contribution in [2.45, 2.75) is 52.0 Å². The molecule has 1 aromatic heterocycles. The zero-order chi connectivity index (χ0) is 14.8. The number of rotatable bonds is 5. The van der Waals surface area contributed by atoms with E-state index >= 15 is 0 Å². The molecule has 4 heteroatoms. The molecule has 0 bridgehead atoms. The van der Waals surface area contributed by atoms with E-state index < -0.39 is 0 Å². The molecule has 1 aliphatic carbocycles. The summed E-state index contributed by atoms with van der Waals surface area (Å²) < 4.78 is 5.99. The van der Waals surface area contributed by atoms with Crippen LogP contribution in [-0.4, -0.2) is 17.6 Å². The number of anilines is 2. The topological polar surface area (TPSA) is 55.3 Å². The zero-order valence-corrected chi connectivity index (χ0v) is 13.0. The Morgan fingerprint density at radius 1 is 1.33 bits per heavy atom. The van der Waals surface area contributed by atoms with Gasteiger partial charge in [0, 0.05) is 18.3 Å². The number of benzene rings is 1. The Morgan fingerprint density at radius 3 is 2.81 bits per heavy atom. The predicted octanol–water partition coefficient (Wildman–Crippen LogP) is 4.21. The van der Waals surface area contributed by atoms with Crippen LogP contribution in [0.2, 0.25) is 0 Å². The molecule has 0 spiro atoms. The summed E-state index contributed by atoms with van der Waals surface area (Å²) in [7, 11) is 0. The van der Waals surface area contributed by atoms with Crippen molar-refractivity contribution in [2.75, 3.05) is 17.2 Å². The van der Waals surface area contributed by atoms with Gasteiger partial charge in [-0.15, -0.1) is 0 Å². The Labute approximate surface area is 126 Å². The average Bonchev–Trinajstić information content (AvgIpc) is 3.07. The predicted molar refractivity (Wildman–Crippen MR) is 87.5 cm³/mol. The molecule has 2 N–H and O–H groups in total. The van der Waals surface area contributed by atoms with E-state index in [0.717, 1.165) is 35.8 Å². The molecule has 3 rings (SSSR count). The fourth-order valence-corrected chi connectivity index (χ4v) is 3.10. The number of oxazole rings is 1. The molecular weight excluding hydrogens is 262 g/mol. The molecular formula is C17H25N3O. The standard InChI is InChI=1S/C17H25N3O/c1-12(2)9-10-20(14-5-3-4-6-14)17-19-15-11-13(18)7-8-16(15)21-17/h7-8,11-12,14H,3-6,9-10,18H2,1-2H3. The van der Waals surface area contributed by atoms with Crippen LogP contribution in [0.5, 0.6) is 0 Å². The smallest absolute Gasteiger partial charge is 0.298 e. The summed E-state index contributed by atoms with van der Waals surface area (Å²) in [5, 5.41) is 0. The minimum absolute atomic E-state index is 0.578. The number of nitrogens with zero attached hydrogens (tertiary/aromatic N) is 2. The molecule has 0 unspecified atom stereocenters. The highest BCUT2D eigenvalue weighted by molar-refractivity contribution is 5.78. The van der Waals surface area contributed by atoms with Crippen LogP contribution in [0.3, 0.4) is 0 Å². The van der Waals surface area contributed by atoms with E-state index in [4.69, 9.17) is 10.2 Å². The van der Waals surface area contributed by atoms with Crippen LogP contribution in [0.15, 0.2) is 22.6 Å². The normalized spacial score (nSPS) is 16.1. The lowest BCUT2D eigenvalue weighted by molar-refractivity contribution is 0.479. The first kappa shape index (κ1) is 14.2. The van der Waals surface area contributed by atoms with E-state index in [9.17, 15) is 0 Å². The number of nitrogens with two attached hydrogens (primary N) is 1. The van der Waals surface area contributed by atoms with Gasteiger partial charge in [-0.05, 0) is 43.4 Å². The van der Waals surface area contributed by atoms with E-state index in [0.29, 0.717) is 12.0 Å². The second-order valence-electron chi connectivity index (χ2n) is 6.54. The molecule has 21 heavy (non-hydrogen) atoms. The molecule has 1 aliphatic rings. The van der Waals surface area contributed by atoms with E-state index in [1.165, 1.54) is 25.7 Å². The van der Waals surface area contributed by atoms with Gasteiger partial charge in [0.1, 0.15) is 5.52 Å². The van der Waals surface area contributed by atoms with Gasteiger partial charge in [-0.25, -0.2) is 0 Å². The van der Waals surface area contributed by atoms with Crippen LogP contribution in [0.4, 0.5) is 11.7 Å². The van der Waals surface area contributed by atoms with E-state index in [1.807, 2.05) is 18.2 Å². The molecule has 114 valence electrons. The van der Waals surface area contributed by atoms with Gasteiger partial charge in [-0.2, -0.15) is 4.98 Å². The molecule has 1 aromatic carbocycles. The van der Waals surface area contributed by atoms with Crippen molar-refractivity contribution in [1.29, 1.82) is 0 Å². The number of nitrogen functional groups attached to an aromatic ring is 1. The largest absolute Gasteiger partial charge is 0.423 e. The SMILES string of the molecule is CC(C)CCN(c1nc2cc(N)ccc2o1)C1CCCC1. The van der Waals surface area contributed by atoms with Gasteiger partial charge in [0.15, 0.2) is 5.58 Å². The molecule has 0 atom stereocenters. The van der Waals surface area contributed by atoms with Crippen molar-refractivity contribution in [3.8, 4) is 0 Å². The maximum atomic E-state index is 5.99. The first-order valence-corrected chi connectivity index (χ1v) is 8.06. The Hall–Kier alpha value is -1.71. The van der Waals surface area contributed by atoms with Crippen LogP contribution >= 0.6 is 0 Å². The molecule has 1 heterocycles. The summed E-state index contributed by atoms with van der Waals surface area (Å²) in [5.41, 5.74) is 8.25. The van der Waals surface area contributed by atoms with Crippen LogP contribution in [-0.2, 0) is 0 Å². The molecule has 1 fully saturated rings. The lowest BCUT2D eigenvalue weighted by Crippen LogP contribution is -2.35. The maximum Gasteiger partial charge on any atom is 0.298 e. The van der Waals surface area contributed by atoms with Crippen LogP contribution in [0.1, 0.15) is 46.0 Å². The number of hydrogen-bond acceptors (Lipinski definition) is 4. The van der Waals surface area contributed by atoms with Crippen LogP contribution in [0, 0.1) is 5.92 Å². The minimum atomic E-state index is 0.578. The molecule has 2 aromatic rings. The summed E-state index contributed by atoms with van der Waals surface area (Å²) in [5.74, 6) is 0.689. The highest BCUT2D eigenvalue weighted by Gasteiger charge is 2.26. The van der Waals surface area contributed by atoms with Gasteiger partial charge < -0.3 is 15.1 Å². The third kappa shape index (κ3) is 3.14. The van der Waals surface area contributed by atoms with Crippen LogP contribution < -0.4 is 10.6 Å². The van der Waals surface area contributed by atoms with Crippen molar-refractivity contribution in [2.24, 2.45) is 5.92 Å². The second-order valence-corrected chi connectivity index (χ2v) is 6.54. The quantitative estimate of drug-likeness (QED) is 0.837. The monoisotopic (exact) mass is 287 g/mol. The number of aromatic nitrogens is 1. The molecule has 0 aliphatic heterocycles. The fraction of sp³-hybridized carbons (Fsp3) is 0.588.